The Labute approximate surface area is 169 Å². The highest BCUT2D eigenvalue weighted by molar-refractivity contribution is 7.22. The third-order valence-electron chi connectivity index (χ3n) is 5.11. The molecule has 0 unspecified atom stereocenters. The molecule has 2 amide bonds. The van der Waals surface area contributed by atoms with Gasteiger partial charge in [-0.15, -0.1) is 0 Å². The monoisotopic (exact) mass is 405 g/mol. The number of fused-ring (bicyclic) bond motifs is 1. The Bertz CT molecular complexity index is 802. The van der Waals surface area contributed by atoms with Crippen molar-refractivity contribution in [1.29, 1.82) is 0 Å². The van der Waals surface area contributed by atoms with Crippen molar-refractivity contribution in [1.82, 2.24) is 14.8 Å². The molecule has 9 heteroatoms. The van der Waals surface area contributed by atoms with E-state index >= 15 is 0 Å². The minimum Gasteiger partial charge on any atom is -0.379 e. The lowest BCUT2D eigenvalue weighted by Gasteiger charge is -2.28. The molecule has 152 valence electrons. The summed E-state index contributed by atoms with van der Waals surface area (Å²) >= 11 is 1.66. The molecule has 1 aromatic carbocycles. The number of carbonyl (C=O) groups excluding carboxylic acids is 1. The van der Waals surface area contributed by atoms with E-state index in [9.17, 15) is 4.79 Å². The molecule has 8 nitrogen and oxygen atoms in total. The second-order valence-corrected chi connectivity index (χ2v) is 8.09. The average molecular weight is 406 g/mol. The van der Waals surface area contributed by atoms with E-state index in [2.05, 4.69) is 15.1 Å². The van der Waals surface area contributed by atoms with Crippen LogP contribution < -0.4 is 10.2 Å². The van der Waals surface area contributed by atoms with Crippen LogP contribution in [0.4, 0.5) is 15.6 Å². The predicted octanol–water partition coefficient (Wildman–Crippen LogP) is 1.93. The van der Waals surface area contributed by atoms with Crippen LogP contribution in [0.15, 0.2) is 18.2 Å². The molecule has 1 aromatic heterocycles. The lowest BCUT2D eigenvalue weighted by molar-refractivity contribution is 0.0359. The first-order valence-corrected chi connectivity index (χ1v) is 10.6. The van der Waals surface area contributed by atoms with Crippen LogP contribution >= 0.6 is 11.3 Å². The number of urea groups is 1. The van der Waals surface area contributed by atoms with Crippen LogP contribution in [0.1, 0.15) is 0 Å². The fraction of sp³-hybridized carbons (Fsp3) is 0.579. The summed E-state index contributed by atoms with van der Waals surface area (Å²) in [6, 6.07) is 5.80. The van der Waals surface area contributed by atoms with Crippen molar-refractivity contribution < 1.29 is 14.3 Å². The third-order valence-corrected chi connectivity index (χ3v) is 6.19. The number of rotatable bonds is 5. The van der Waals surface area contributed by atoms with Gasteiger partial charge in [0.25, 0.3) is 0 Å². The summed E-state index contributed by atoms with van der Waals surface area (Å²) in [6.45, 7) is 8.21. The maximum absolute atomic E-state index is 12.5. The molecular weight excluding hydrogens is 378 g/mol. The van der Waals surface area contributed by atoms with Crippen LogP contribution in [-0.4, -0.2) is 93.6 Å². The highest BCUT2D eigenvalue weighted by Gasteiger charge is 2.17. The molecular formula is C19H27N5O3S. The number of likely N-dealkylation sites (N-methyl/N-ethyl adjacent to an activating group) is 1. The van der Waals surface area contributed by atoms with Crippen molar-refractivity contribution in [3.63, 3.8) is 0 Å². The molecule has 0 saturated carbocycles. The summed E-state index contributed by atoms with van der Waals surface area (Å²) in [5.41, 5.74) is 1.76. The molecule has 1 N–H and O–H groups in total. The van der Waals surface area contributed by atoms with Crippen LogP contribution in [0, 0.1) is 0 Å². The van der Waals surface area contributed by atoms with Gasteiger partial charge in [-0.1, -0.05) is 11.3 Å². The van der Waals surface area contributed by atoms with Gasteiger partial charge in [0.2, 0.25) is 0 Å². The second-order valence-electron chi connectivity index (χ2n) is 7.08. The zero-order chi connectivity index (χ0) is 19.3. The number of nitrogens with one attached hydrogen (secondary N) is 1. The van der Waals surface area contributed by atoms with Crippen LogP contribution in [0.5, 0.6) is 0 Å². The second kappa shape index (κ2) is 9.04. The van der Waals surface area contributed by atoms with E-state index in [1.807, 2.05) is 25.2 Å². The van der Waals surface area contributed by atoms with Gasteiger partial charge in [-0.3, -0.25) is 4.90 Å². The van der Waals surface area contributed by atoms with E-state index in [0.717, 1.165) is 80.2 Å². The van der Waals surface area contributed by atoms with Crippen molar-refractivity contribution in [3.05, 3.63) is 18.2 Å². The van der Waals surface area contributed by atoms with E-state index in [0.29, 0.717) is 6.54 Å². The van der Waals surface area contributed by atoms with Gasteiger partial charge in [0.1, 0.15) is 0 Å². The fourth-order valence-corrected chi connectivity index (χ4v) is 4.37. The Hall–Kier alpha value is -1.94. The Morgan fingerprint density at radius 1 is 1.18 bits per heavy atom. The summed E-state index contributed by atoms with van der Waals surface area (Å²) in [5.74, 6) is 0. The van der Waals surface area contributed by atoms with Gasteiger partial charge in [0.15, 0.2) is 5.13 Å². The van der Waals surface area contributed by atoms with Crippen molar-refractivity contribution >= 4 is 38.4 Å². The predicted molar refractivity (Wildman–Crippen MR) is 112 cm³/mol. The van der Waals surface area contributed by atoms with Crippen molar-refractivity contribution in [3.8, 4) is 0 Å². The molecule has 2 fully saturated rings. The van der Waals surface area contributed by atoms with Gasteiger partial charge in [-0.25, -0.2) is 9.78 Å². The lowest BCUT2D eigenvalue weighted by Crippen LogP contribution is -2.42. The summed E-state index contributed by atoms with van der Waals surface area (Å²) in [6.07, 6.45) is 0. The highest BCUT2D eigenvalue weighted by Crippen LogP contribution is 2.31. The molecule has 3 heterocycles. The van der Waals surface area contributed by atoms with E-state index < -0.39 is 0 Å². The number of benzene rings is 1. The smallest absolute Gasteiger partial charge is 0.321 e. The highest BCUT2D eigenvalue weighted by atomic mass is 32.1. The van der Waals surface area contributed by atoms with Crippen LogP contribution in [0.25, 0.3) is 10.2 Å². The number of morpholine rings is 2. The molecule has 4 rings (SSSR count). The number of ether oxygens (including phenoxy) is 2. The largest absolute Gasteiger partial charge is 0.379 e. The maximum Gasteiger partial charge on any atom is 0.321 e. The molecule has 2 saturated heterocycles. The number of aromatic nitrogens is 1. The number of hydrogen-bond donors (Lipinski definition) is 1. The fourth-order valence-electron chi connectivity index (χ4n) is 3.32. The molecule has 0 radical (unpaired) electrons. The Morgan fingerprint density at radius 2 is 1.89 bits per heavy atom. The summed E-state index contributed by atoms with van der Waals surface area (Å²) in [5, 5.41) is 4.02. The minimum atomic E-state index is -0.0921. The number of thiazole rings is 1. The van der Waals surface area contributed by atoms with Gasteiger partial charge in [-0.2, -0.15) is 0 Å². The van der Waals surface area contributed by atoms with Gasteiger partial charge in [0.05, 0.1) is 36.6 Å². The molecule has 0 atom stereocenters. The molecule has 0 spiro atoms. The zero-order valence-corrected chi connectivity index (χ0v) is 17.0. The van der Waals surface area contributed by atoms with E-state index in [-0.39, 0.29) is 6.03 Å². The van der Waals surface area contributed by atoms with Crippen molar-refractivity contribution in [2.45, 2.75) is 0 Å². The summed E-state index contributed by atoms with van der Waals surface area (Å²) in [4.78, 5) is 23.5. The van der Waals surface area contributed by atoms with Crippen LogP contribution in [-0.2, 0) is 9.47 Å². The first kappa shape index (κ1) is 19.4. The SMILES string of the molecule is CN(CCN1CCOCC1)C(=O)Nc1ccc2nc(N3CCOCC3)sc2c1. The molecule has 2 aliphatic rings. The molecule has 2 aromatic rings. The van der Waals surface area contributed by atoms with Gasteiger partial charge in [-0.05, 0) is 18.2 Å². The molecule has 0 bridgehead atoms. The standard InChI is InChI=1S/C19H27N5O3S/c1-22(4-5-23-6-10-26-11-7-23)18(25)20-15-2-3-16-17(14-15)28-19(21-16)24-8-12-27-13-9-24/h2-3,14H,4-13H2,1H3,(H,20,25). The normalized spacial score (nSPS) is 18.4. The molecule has 28 heavy (non-hydrogen) atoms. The zero-order valence-electron chi connectivity index (χ0n) is 16.2. The number of anilines is 2. The van der Waals surface area contributed by atoms with Crippen molar-refractivity contribution in [2.75, 3.05) is 83.0 Å². The Balaban J connectivity index is 1.34. The first-order chi connectivity index (χ1) is 13.7. The summed E-state index contributed by atoms with van der Waals surface area (Å²) < 4.78 is 11.9. The number of hydrogen-bond acceptors (Lipinski definition) is 7. The topological polar surface area (TPSA) is 70.2 Å². The quantitative estimate of drug-likeness (QED) is 0.820. The minimum absolute atomic E-state index is 0.0921. The number of carbonyl (C=O) groups is 1. The first-order valence-electron chi connectivity index (χ1n) is 9.74. The van der Waals surface area contributed by atoms with Crippen LogP contribution in [0.3, 0.4) is 0 Å². The van der Waals surface area contributed by atoms with Gasteiger partial charge in [0, 0.05) is 52.0 Å². The number of nitrogens with zero attached hydrogens (tertiary/aromatic N) is 4. The van der Waals surface area contributed by atoms with Gasteiger partial charge < -0.3 is 24.6 Å². The van der Waals surface area contributed by atoms with E-state index in [1.165, 1.54) is 0 Å². The number of amides is 2. The van der Waals surface area contributed by atoms with Crippen LogP contribution in [0.2, 0.25) is 0 Å². The average Bonchev–Trinajstić information content (AvgIpc) is 3.17. The Morgan fingerprint density at radius 3 is 2.64 bits per heavy atom. The lowest BCUT2D eigenvalue weighted by atomic mass is 10.3. The van der Waals surface area contributed by atoms with Gasteiger partial charge >= 0.3 is 6.03 Å². The Kier molecular flexibility index (Phi) is 6.26. The maximum atomic E-state index is 12.5. The van der Waals surface area contributed by atoms with E-state index in [1.54, 1.807) is 16.2 Å². The van der Waals surface area contributed by atoms with E-state index in [4.69, 9.17) is 14.5 Å². The third kappa shape index (κ3) is 4.72. The molecule has 0 aliphatic carbocycles. The summed E-state index contributed by atoms with van der Waals surface area (Å²) in [7, 11) is 1.83. The molecule has 2 aliphatic heterocycles. The van der Waals surface area contributed by atoms with Crippen molar-refractivity contribution in [2.24, 2.45) is 0 Å².